The van der Waals surface area contributed by atoms with Crippen LogP contribution < -0.4 is 10.9 Å². The van der Waals surface area contributed by atoms with E-state index in [-0.39, 0.29) is 5.56 Å². The summed E-state index contributed by atoms with van der Waals surface area (Å²) in [6, 6.07) is 3.53. The molecule has 0 aromatic carbocycles. The number of hydrogen-bond donors (Lipinski definition) is 1. The molecule has 0 aliphatic rings. The van der Waals surface area contributed by atoms with E-state index in [2.05, 4.69) is 34.5 Å². The predicted octanol–water partition coefficient (Wildman–Crippen LogP) is 2.24. The lowest BCUT2D eigenvalue weighted by Crippen LogP contribution is -2.24. The third-order valence-corrected chi connectivity index (χ3v) is 3.34. The second-order valence-corrected chi connectivity index (χ2v) is 6.32. The van der Waals surface area contributed by atoms with Crippen LogP contribution in [0.25, 0.3) is 10.7 Å². The largest absolute Gasteiger partial charge is 0.358 e. The van der Waals surface area contributed by atoms with Crippen LogP contribution in [-0.4, -0.2) is 26.0 Å². The van der Waals surface area contributed by atoms with E-state index in [9.17, 15) is 4.79 Å². The van der Waals surface area contributed by atoms with Crippen LogP contribution in [0.5, 0.6) is 0 Å². The Balaban J connectivity index is 2.28. The molecule has 0 unspecified atom stereocenters. The molecule has 2 rings (SSSR count). The summed E-state index contributed by atoms with van der Waals surface area (Å²) in [4.78, 5) is 11.7. The summed E-state index contributed by atoms with van der Waals surface area (Å²) >= 11 is 1.44. The number of nitrogens with zero attached hydrogens (tertiary/aromatic N) is 4. The Labute approximate surface area is 121 Å². The highest BCUT2D eigenvalue weighted by molar-refractivity contribution is 7.18. The molecule has 0 radical (unpaired) electrons. The minimum absolute atomic E-state index is 0.0903. The molecule has 0 fully saturated rings. The van der Waals surface area contributed by atoms with Gasteiger partial charge < -0.3 is 5.32 Å². The van der Waals surface area contributed by atoms with Gasteiger partial charge >= 0.3 is 0 Å². The molecule has 108 valence electrons. The summed E-state index contributed by atoms with van der Waals surface area (Å²) in [5.74, 6) is 0.364. The molecule has 0 saturated heterocycles. The molecule has 0 saturated carbocycles. The van der Waals surface area contributed by atoms with Gasteiger partial charge in [0.25, 0.3) is 5.56 Å². The van der Waals surface area contributed by atoms with E-state index in [0.717, 1.165) is 5.13 Å². The Hall–Kier alpha value is -1.76. The van der Waals surface area contributed by atoms with Gasteiger partial charge in [0.2, 0.25) is 5.13 Å². The van der Waals surface area contributed by atoms with E-state index in [0.29, 0.717) is 29.2 Å². The maximum Gasteiger partial charge on any atom is 0.266 e. The van der Waals surface area contributed by atoms with Crippen LogP contribution >= 0.6 is 11.3 Å². The first-order valence-electron chi connectivity index (χ1n) is 6.64. The van der Waals surface area contributed by atoms with E-state index < -0.39 is 0 Å². The fourth-order valence-electron chi connectivity index (χ4n) is 1.67. The Kier molecular flexibility index (Phi) is 4.49. The van der Waals surface area contributed by atoms with E-state index >= 15 is 0 Å². The lowest BCUT2D eigenvalue weighted by Gasteiger charge is -2.07. The Morgan fingerprint density at radius 2 is 2.00 bits per heavy atom. The molecular weight excluding hydrogens is 274 g/mol. The molecule has 0 spiro atoms. The average molecular weight is 293 g/mol. The van der Waals surface area contributed by atoms with Crippen LogP contribution in [0.15, 0.2) is 16.9 Å². The summed E-state index contributed by atoms with van der Waals surface area (Å²) in [5.41, 5.74) is 0.590. The van der Waals surface area contributed by atoms with Crippen LogP contribution in [0, 0.1) is 5.92 Å². The second kappa shape index (κ2) is 6.13. The first-order chi connectivity index (χ1) is 9.45. The molecule has 0 aliphatic carbocycles. The highest BCUT2D eigenvalue weighted by Crippen LogP contribution is 2.24. The second-order valence-electron chi connectivity index (χ2n) is 5.34. The molecule has 2 aromatic rings. The summed E-state index contributed by atoms with van der Waals surface area (Å²) in [6.07, 6.45) is 0. The Morgan fingerprint density at radius 3 is 2.65 bits per heavy atom. The van der Waals surface area contributed by atoms with Gasteiger partial charge in [0, 0.05) is 18.7 Å². The van der Waals surface area contributed by atoms with Gasteiger partial charge in [-0.05, 0) is 25.8 Å². The number of rotatable bonds is 5. The van der Waals surface area contributed by atoms with Crippen molar-refractivity contribution >= 4 is 16.5 Å². The zero-order valence-corrected chi connectivity index (χ0v) is 12.9. The number of aromatic nitrogens is 4. The van der Waals surface area contributed by atoms with E-state index in [1.165, 1.54) is 22.1 Å². The number of nitrogens with one attached hydrogen (secondary N) is 1. The molecule has 6 nitrogen and oxygen atoms in total. The van der Waals surface area contributed by atoms with Gasteiger partial charge in [-0.15, -0.1) is 10.2 Å². The SMILES string of the molecule is CC(C)Cn1nc(-c2nnc(NC(C)C)s2)ccc1=O. The topological polar surface area (TPSA) is 72.7 Å². The van der Waals surface area contributed by atoms with E-state index in [4.69, 9.17) is 0 Å². The summed E-state index contributed by atoms with van der Waals surface area (Å²) < 4.78 is 1.48. The van der Waals surface area contributed by atoms with Crippen molar-refractivity contribution < 1.29 is 0 Å². The molecule has 2 heterocycles. The van der Waals surface area contributed by atoms with Crippen molar-refractivity contribution in [1.82, 2.24) is 20.0 Å². The summed E-state index contributed by atoms with van der Waals surface area (Å²) in [6.45, 7) is 8.79. The van der Waals surface area contributed by atoms with Crippen LogP contribution in [0.4, 0.5) is 5.13 Å². The molecular formula is C13H19N5OS. The zero-order chi connectivity index (χ0) is 14.7. The van der Waals surface area contributed by atoms with Gasteiger partial charge in [-0.25, -0.2) is 4.68 Å². The standard InChI is InChI=1S/C13H19N5OS/c1-8(2)7-18-11(19)6-5-10(17-18)12-15-16-13(20-12)14-9(3)4/h5-6,8-9H,7H2,1-4H3,(H,14,16). The van der Waals surface area contributed by atoms with Crippen molar-refractivity contribution in [3.8, 4) is 10.7 Å². The van der Waals surface area contributed by atoms with Crippen molar-refractivity contribution in [2.24, 2.45) is 5.92 Å². The van der Waals surface area contributed by atoms with Crippen LogP contribution in [0.1, 0.15) is 27.7 Å². The number of anilines is 1. The quantitative estimate of drug-likeness (QED) is 0.915. The van der Waals surface area contributed by atoms with Gasteiger partial charge in [0.15, 0.2) is 5.01 Å². The average Bonchev–Trinajstić information content (AvgIpc) is 2.79. The monoisotopic (exact) mass is 293 g/mol. The van der Waals surface area contributed by atoms with E-state index in [1.807, 2.05) is 13.8 Å². The minimum atomic E-state index is -0.0903. The maximum absolute atomic E-state index is 11.7. The van der Waals surface area contributed by atoms with Crippen LogP contribution in [0.3, 0.4) is 0 Å². The molecule has 1 N–H and O–H groups in total. The maximum atomic E-state index is 11.7. The minimum Gasteiger partial charge on any atom is -0.358 e. The summed E-state index contributed by atoms with van der Waals surface area (Å²) in [7, 11) is 0. The first kappa shape index (κ1) is 14.6. The van der Waals surface area contributed by atoms with Crippen molar-refractivity contribution in [1.29, 1.82) is 0 Å². The Bertz CT molecular complexity index is 632. The predicted molar refractivity (Wildman–Crippen MR) is 81.0 cm³/mol. The molecule has 20 heavy (non-hydrogen) atoms. The molecule has 0 aliphatic heterocycles. The van der Waals surface area contributed by atoms with Gasteiger partial charge in [0.05, 0.1) is 0 Å². The normalized spacial score (nSPS) is 11.3. The van der Waals surface area contributed by atoms with Gasteiger partial charge in [-0.2, -0.15) is 5.10 Å². The smallest absolute Gasteiger partial charge is 0.266 e. The third kappa shape index (κ3) is 3.63. The van der Waals surface area contributed by atoms with Gasteiger partial charge in [-0.1, -0.05) is 25.2 Å². The van der Waals surface area contributed by atoms with E-state index in [1.54, 1.807) is 6.07 Å². The van der Waals surface area contributed by atoms with Crippen molar-refractivity contribution in [2.45, 2.75) is 40.3 Å². The fourth-order valence-corrected chi connectivity index (χ4v) is 2.53. The molecule has 0 bridgehead atoms. The fraction of sp³-hybridized carbons (Fsp3) is 0.538. The molecule has 0 amide bonds. The van der Waals surface area contributed by atoms with Crippen LogP contribution in [-0.2, 0) is 6.54 Å². The van der Waals surface area contributed by atoms with Gasteiger partial charge in [-0.3, -0.25) is 4.79 Å². The van der Waals surface area contributed by atoms with Gasteiger partial charge in [0.1, 0.15) is 5.69 Å². The molecule has 7 heteroatoms. The first-order valence-corrected chi connectivity index (χ1v) is 7.46. The highest BCUT2D eigenvalue weighted by Gasteiger charge is 2.10. The third-order valence-electron chi connectivity index (χ3n) is 2.46. The highest BCUT2D eigenvalue weighted by atomic mass is 32.1. The van der Waals surface area contributed by atoms with Crippen molar-refractivity contribution in [3.05, 3.63) is 22.5 Å². The molecule has 2 aromatic heterocycles. The van der Waals surface area contributed by atoms with Crippen LogP contribution in [0.2, 0.25) is 0 Å². The van der Waals surface area contributed by atoms with Crippen molar-refractivity contribution in [2.75, 3.05) is 5.32 Å². The Morgan fingerprint density at radius 1 is 1.25 bits per heavy atom. The van der Waals surface area contributed by atoms with Crippen molar-refractivity contribution in [3.63, 3.8) is 0 Å². The lowest BCUT2D eigenvalue weighted by atomic mass is 10.2. The zero-order valence-electron chi connectivity index (χ0n) is 12.1. The summed E-state index contributed by atoms with van der Waals surface area (Å²) in [5, 5.41) is 17.2. The lowest BCUT2D eigenvalue weighted by molar-refractivity contribution is 0.465. The molecule has 0 atom stereocenters. The number of hydrogen-bond acceptors (Lipinski definition) is 6.